The maximum Gasteiger partial charge on any atom is 0.248 e. The standard InChI is InChI=1S/C13H17NO.2ClH/c14-13(15)12-9-5-4-8-11(12)10-6-2-1-3-7-10;;/h4-5,8-10H,1-3,6-7H2,(H2,14,15);2*1H. The lowest BCUT2D eigenvalue weighted by Crippen LogP contribution is -2.16. The maximum atomic E-state index is 11.3. The molecule has 2 N–H and O–H groups in total. The topological polar surface area (TPSA) is 43.1 Å². The lowest BCUT2D eigenvalue weighted by molar-refractivity contribution is 0.0998. The molecule has 0 atom stereocenters. The van der Waals surface area contributed by atoms with Crippen LogP contribution in [0.1, 0.15) is 53.9 Å². The van der Waals surface area contributed by atoms with E-state index in [0.29, 0.717) is 11.5 Å². The highest BCUT2D eigenvalue weighted by molar-refractivity contribution is 5.94. The van der Waals surface area contributed by atoms with E-state index in [0.717, 1.165) is 5.56 Å². The Labute approximate surface area is 115 Å². The molecule has 1 saturated carbocycles. The summed E-state index contributed by atoms with van der Waals surface area (Å²) >= 11 is 0. The average Bonchev–Trinajstić information content (AvgIpc) is 2.30. The summed E-state index contributed by atoms with van der Waals surface area (Å²) in [5, 5.41) is 0. The van der Waals surface area contributed by atoms with Crippen LogP contribution in [0, 0.1) is 0 Å². The maximum absolute atomic E-state index is 11.3. The summed E-state index contributed by atoms with van der Waals surface area (Å²) in [6, 6.07) is 7.77. The third kappa shape index (κ3) is 3.90. The SMILES string of the molecule is Cl.Cl.NC(=O)c1ccccc1C1CCCCC1. The van der Waals surface area contributed by atoms with E-state index in [-0.39, 0.29) is 30.7 Å². The van der Waals surface area contributed by atoms with E-state index >= 15 is 0 Å². The molecule has 0 spiro atoms. The van der Waals surface area contributed by atoms with Gasteiger partial charge in [0.1, 0.15) is 0 Å². The van der Waals surface area contributed by atoms with Crippen molar-refractivity contribution in [3.63, 3.8) is 0 Å². The van der Waals surface area contributed by atoms with Crippen molar-refractivity contribution in [1.29, 1.82) is 0 Å². The zero-order valence-corrected chi connectivity index (χ0v) is 11.4. The van der Waals surface area contributed by atoms with Gasteiger partial charge in [-0.3, -0.25) is 4.79 Å². The molecule has 0 aliphatic heterocycles. The second-order valence-corrected chi connectivity index (χ2v) is 4.29. The molecule has 0 saturated heterocycles. The van der Waals surface area contributed by atoms with Crippen molar-refractivity contribution in [3.05, 3.63) is 35.4 Å². The Balaban J connectivity index is 0.00000128. The van der Waals surface area contributed by atoms with Crippen LogP contribution in [0.2, 0.25) is 0 Å². The summed E-state index contributed by atoms with van der Waals surface area (Å²) in [6.07, 6.45) is 6.28. The molecule has 0 heterocycles. The van der Waals surface area contributed by atoms with Crippen LogP contribution in [0.5, 0.6) is 0 Å². The van der Waals surface area contributed by atoms with Gasteiger partial charge >= 0.3 is 0 Å². The molecule has 1 aliphatic carbocycles. The predicted octanol–water partition coefficient (Wildman–Crippen LogP) is 3.68. The highest BCUT2D eigenvalue weighted by atomic mass is 35.5. The van der Waals surface area contributed by atoms with Gasteiger partial charge in [0, 0.05) is 5.56 Å². The van der Waals surface area contributed by atoms with Crippen molar-refractivity contribution in [3.8, 4) is 0 Å². The summed E-state index contributed by atoms with van der Waals surface area (Å²) in [5.41, 5.74) is 7.25. The predicted molar refractivity (Wildman–Crippen MR) is 75.3 cm³/mol. The van der Waals surface area contributed by atoms with Gasteiger partial charge in [-0.1, -0.05) is 37.5 Å². The van der Waals surface area contributed by atoms with Gasteiger partial charge in [0.25, 0.3) is 0 Å². The average molecular weight is 276 g/mol. The van der Waals surface area contributed by atoms with Gasteiger partial charge in [0.15, 0.2) is 0 Å². The minimum absolute atomic E-state index is 0. The van der Waals surface area contributed by atoms with E-state index in [4.69, 9.17) is 5.73 Å². The number of amides is 1. The highest BCUT2D eigenvalue weighted by Gasteiger charge is 2.19. The number of hydrogen-bond donors (Lipinski definition) is 1. The van der Waals surface area contributed by atoms with Crippen molar-refractivity contribution in [2.24, 2.45) is 5.73 Å². The number of carbonyl (C=O) groups excluding carboxylic acids is 1. The first-order valence-corrected chi connectivity index (χ1v) is 5.68. The number of rotatable bonds is 2. The fraction of sp³-hybridized carbons (Fsp3) is 0.462. The molecule has 0 bridgehead atoms. The molecular formula is C13H19Cl2NO. The quantitative estimate of drug-likeness (QED) is 0.879. The van der Waals surface area contributed by atoms with Gasteiger partial charge in [-0.2, -0.15) is 0 Å². The van der Waals surface area contributed by atoms with Crippen LogP contribution in [0.3, 0.4) is 0 Å². The Morgan fingerprint density at radius 2 is 1.65 bits per heavy atom. The van der Waals surface area contributed by atoms with Crippen LogP contribution in [-0.4, -0.2) is 5.91 Å². The summed E-state index contributed by atoms with van der Waals surface area (Å²) in [6.45, 7) is 0. The van der Waals surface area contributed by atoms with Crippen molar-refractivity contribution in [1.82, 2.24) is 0 Å². The van der Waals surface area contributed by atoms with Gasteiger partial charge < -0.3 is 5.73 Å². The molecule has 0 aromatic heterocycles. The molecule has 1 aromatic rings. The molecule has 1 aliphatic rings. The molecule has 4 heteroatoms. The van der Waals surface area contributed by atoms with Gasteiger partial charge in [-0.05, 0) is 30.4 Å². The van der Waals surface area contributed by atoms with Crippen molar-refractivity contribution >= 4 is 30.7 Å². The molecule has 1 aromatic carbocycles. The molecule has 0 radical (unpaired) electrons. The molecule has 1 amide bonds. The number of primary amides is 1. The summed E-state index contributed by atoms with van der Waals surface area (Å²) < 4.78 is 0. The summed E-state index contributed by atoms with van der Waals surface area (Å²) in [4.78, 5) is 11.3. The fourth-order valence-corrected chi connectivity index (χ4v) is 2.49. The van der Waals surface area contributed by atoms with Crippen LogP contribution in [0.4, 0.5) is 0 Å². The molecule has 2 rings (SSSR count). The minimum Gasteiger partial charge on any atom is -0.366 e. The number of carbonyl (C=O) groups is 1. The van der Waals surface area contributed by atoms with Crippen LogP contribution in [0.15, 0.2) is 24.3 Å². The van der Waals surface area contributed by atoms with E-state index in [9.17, 15) is 4.79 Å². The summed E-state index contributed by atoms with van der Waals surface area (Å²) in [7, 11) is 0. The normalized spacial score (nSPS) is 15.5. The Bertz CT molecular complexity index is 362. The number of hydrogen-bond acceptors (Lipinski definition) is 1. The Morgan fingerprint density at radius 3 is 2.24 bits per heavy atom. The zero-order chi connectivity index (χ0) is 10.7. The largest absolute Gasteiger partial charge is 0.366 e. The van der Waals surface area contributed by atoms with Crippen molar-refractivity contribution < 1.29 is 4.79 Å². The highest BCUT2D eigenvalue weighted by Crippen LogP contribution is 2.34. The number of benzene rings is 1. The number of nitrogens with two attached hydrogens (primary N) is 1. The Hall–Kier alpha value is -0.730. The van der Waals surface area contributed by atoms with E-state index < -0.39 is 0 Å². The van der Waals surface area contributed by atoms with Crippen LogP contribution >= 0.6 is 24.8 Å². The molecule has 2 nitrogen and oxygen atoms in total. The van der Waals surface area contributed by atoms with Gasteiger partial charge in [0.05, 0.1) is 0 Å². The van der Waals surface area contributed by atoms with E-state index in [1.807, 2.05) is 18.2 Å². The monoisotopic (exact) mass is 275 g/mol. The smallest absolute Gasteiger partial charge is 0.248 e. The lowest BCUT2D eigenvalue weighted by atomic mass is 9.82. The van der Waals surface area contributed by atoms with E-state index in [1.165, 1.54) is 32.1 Å². The van der Waals surface area contributed by atoms with Gasteiger partial charge in [0.2, 0.25) is 5.91 Å². The van der Waals surface area contributed by atoms with Crippen molar-refractivity contribution in [2.45, 2.75) is 38.0 Å². The van der Waals surface area contributed by atoms with Gasteiger partial charge in [-0.15, -0.1) is 24.8 Å². The third-order valence-corrected chi connectivity index (χ3v) is 3.27. The molecule has 96 valence electrons. The van der Waals surface area contributed by atoms with Crippen LogP contribution in [0.25, 0.3) is 0 Å². The third-order valence-electron chi connectivity index (χ3n) is 3.27. The molecule has 0 unspecified atom stereocenters. The molecule has 1 fully saturated rings. The van der Waals surface area contributed by atoms with Crippen LogP contribution in [-0.2, 0) is 0 Å². The Morgan fingerprint density at radius 1 is 1.06 bits per heavy atom. The first-order chi connectivity index (χ1) is 7.29. The molecule has 17 heavy (non-hydrogen) atoms. The summed E-state index contributed by atoms with van der Waals surface area (Å²) in [5.74, 6) is 0.249. The second kappa shape index (κ2) is 7.57. The fourth-order valence-electron chi connectivity index (χ4n) is 2.49. The lowest BCUT2D eigenvalue weighted by Gasteiger charge is -2.23. The first kappa shape index (κ1) is 16.3. The number of halogens is 2. The first-order valence-electron chi connectivity index (χ1n) is 5.68. The minimum atomic E-state index is -0.295. The van der Waals surface area contributed by atoms with E-state index in [2.05, 4.69) is 6.07 Å². The van der Waals surface area contributed by atoms with Crippen LogP contribution < -0.4 is 5.73 Å². The molecular weight excluding hydrogens is 257 g/mol. The Kier molecular flexibility index (Phi) is 7.24. The second-order valence-electron chi connectivity index (χ2n) is 4.29. The van der Waals surface area contributed by atoms with E-state index in [1.54, 1.807) is 0 Å². The van der Waals surface area contributed by atoms with Gasteiger partial charge in [-0.25, -0.2) is 0 Å². The zero-order valence-electron chi connectivity index (χ0n) is 9.72. The van der Waals surface area contributed by atoms with Crippen molar-refractivity contribution in [2.75, 3.05) is 0 Å².